The lowest BCUT2D eigenvalue weighted by molar-refractivity contribution is -0.134. The van der Waals surface area contributed by atoms with Gasteiger partial charge >= 0.3 is 0 Å². The molecule has 4 nitrogen and oxygen atoms in total. The Kier molecular flexibility index (Phi) is 2.58. The van der Waals surface area contributed by atoms with Gasteiger partial charge in [-0.25, -0.2) is 0 Å². The molecule has 2 amide bonds. The number of nitrogens with zero attached hydrogens (tertiary/aromatic N) is 1. The number of rotatable bonds is 1. The van der Waals surface area contributed by atoms with E-state index in [1.807, 2.05) is 24.0 Å². The standard InChI is InChI=1S/C14H16N2O2/c1-2-13(18)16-7-6-9-4-3-5-10-14(9)11(16)8-12(17)15-10/h3-5,11H,2,6-8H2,1H3,(H,15,17). The summed E-state index contributed by atoms with van der Waals surface area (Å²) in [5.41, 5.74) is 3.28. The van der Waals surface area contributed by atoms with E-state index in [2.05, 4.69) is 11.4 Å². The van der Waals surface area contributed by atoms with Crippen molar-refractivity contribution in [1.29, 1.82) is 0 Å². The van der Waals surface area contributed by atoms with Crippen molar-refractivity contribution in [2.45, 2.75) is 32.2 Å². The number of hydrogen-bond acceptors (Lipinski definition) is 2. The Bertz CT molecular complexity index is 525. The zero-order valence-electron chi connectivity index (χ0n) is 10.4. The molecule has 0 bridgehead atoms. The Hall–Kier alpha value is -1.84. The van der Waals surface area contributed by atoms with Crippen LogP contribution in [0.1, 0.15) is 36.9 Å². The normalized spacial score (nSPS) is 21.3. The molecule has 2 aliphatic heterocycles. The maximum atomic E-state index is 12.0. The number of benzene rings is 1. The van der Waals surface area contributed by atoms with E-state index in [9.17, 15) is 9.59 Å². The lowest BCUT2D eigenvalue weighted by atomic mass is 9.86. The van der Waals surface area contributed by atoms with Gasteiger partial charge in [-0.15, -0.1) is 0 Å². The fourth-order valence-electron chi connectivity index (χ4n) is 2.98. The summed E-state index contributed by atoms with van der Waals surface area (Å²) in [5, 5.41) is 2.90. The molecule has 3 rings (SSSR count). The number of nitrogens with one attached hydrogen (secondary N) is 1. The van der Waals surface area contributed by atoms with Crippen molar-refractivity contribution in [2.75, 3.05) is 11.9 Å². The van der Waals surface area contributed by atoms with Crippen LogP contribution in [0.15, 0.2) is 18.2 Å². The number of anilines is 1. The highest BCUT2D eigenvalue weighted by molar-refractivity contribution is 5.96. The van der Waals surface area contributed by atoms with Crippen molar-refractivity contribution in [3.05, 3.63) is 29.3 Å². The van der Waals surface area contributed by atoms with E-state index in [1.165, 1.54) is 5.56 Å². The third-order valence-electron chi connectivity index (χ3n) is 3.80. The average molecular weight is 244 g/mol. The first-order valence-corrected chi connectivity index (χ1v) is 6.41. The molecule has 0 aromatic heterocycles. The van der Waals surface area contributed by atoms with Crippen LogP contribution in [0.4, 0.5) is 5.69 Å². The molecule has 1 atom stereocenters. The highest BCUT2D eigenvalue weighted by Gasteiger charge is 2.36. The summed E-state index contributed by atoms with van der Waals surface area (Å²) in [6.07, 6.45) is 1.76. The Labute approximate surface area is 106 Å². The molecule has 4 heteroatoms. The third-order valence-corrected chi connectivity index (χ3v) is 3.80. The van der Waals surface area contributed by atoms with Gasteiger partial charge in [0.05, 0.1) is 12.5 Å². The van der Waals surface area contributed by atoms with Crippen LogP contribution in [0.5, 0.6) is 0 Å². The third kappa shape index (κ3) is 1.60. The van der Waals surface area contributed by atoms with Gasteiger partial charge in [0.15, 0.2) is 0 Å². The molecule has 1 unspecified atom stereocenters. The van der Waals surface area contributed by atoms with Gasteiger partial charge in [-0.3, -0.25) is 9.59 Å². The first kappa shape index (κ1) is 11.3. The molecule has 1 N–H and O–H groups in total. The summed E-state index contributed by atoms with van der Waals surface area (Å²) in [6, 6.07) is 5.92. The SMILES string of the molecule is CCC(=O)N1CCc2cccc3c2C1CC(=O)N3. The van der Waals surface area contributed by atoms with Crippen LogP contribution in [0.2, 0.25) is 0 Å². The van der Waals surface area contributed by atoms with Crippen LogP contribution in [-0.2, 0) is 16.0 Å². The van der Waals surface area contributed by atoms with Gasteiger partial charge in [-0.2, -0.15) is 0 Å². The quantitative estimate of drug-likeness (QED) is 0.819. The predicted molar refractivity (Wildman–Crippen MR) is 68.1 cm³/mol. The number of carbonyl (C=O) groups is 2. The van der Waals surface area contributed by atoms with Crippen LogP contribution < -0.4 is 5.32 Å². The molecular formula is C14H16N2O2. The molecular weight excluding hydrogens is 228 g/mol. The van der Waals surface area contributed by atoms with Crippen LogP contribution in [0.25, 0.3) is 0 Å². The summed E-state index contributed by atoms with van der Waals surface area (Å²) < 4.78 is 0. The Morgan fingerprint density at radius 2 is 2.33 bits per heavy atom. The first-order valence-electron chi connectivity index (χ1n) is 6.41. The van der Waals surface area contributed by atoms with Crippen molar-refractivity contribution in [2.24, 2.45) is 0 Å². The highest BCUT2D eigenvalue weighted by atomic mass is 16.2. The Morgan fingerprint density at radius 1 is 1.50 bits per heavy atom. The fourth-order valence-corrected chi connectivity index (χ4v) is 2.98. The van der Waals surface area contributed by atoms with Gasteiger partial charge in [0.1, 0.15) is 0 Å². The number of hydrogen-bond donors (Lipinski definition) is 1. The molecule has 0 saturated heterocycles. The second-order valence-corrected chi connectivity index (χ2v) is 4.84. The maximum absolute atomic E-state index is 12.0. The van der Waals surface area contributed by atoms with Gasteiger partial charge in [0.2, 0.25) is 11.8 Å². The summed E-state index contributed by atoms with van der Waals surface area (Å²) in [4.78, 5) is 25.6. The highest BCUT2D eigenvalue weighted by Crippen LogP contribution is 2.40. The summed E-state index contributed by atoms with van der Waals surface area (Å²) >= 11 is 0. The molecule has 1 aromatic rings. The first-order chi connectivity index (χ1) is 8.70. The lowest BCUT2D eigenvalue weighted by Gasteiger charge is -2.40. The van der Waals surface area contributed by atoms with E-state index in [0.29, 0.717) is 12.8 Å². The van der Waals surface area contributed by atoms with Crippen LogP contribution >= 0.6 is 0 Å². The maximum Gasteiger partial charge on any atom is 0.226 e. The average Bonchev–Trinajstić information content (AvgIpc) is 2.38. The van der Waals surface area contributed by atoms with Crippen LogP contribution in [-0.4, -0.2) is 23.3 Å². The molecule has 1 aromatic carbocycles. The van der Waals surface area contributed by atoms with Crippen molar-refractivity contribution < 1.29 is 9.59 Å². The van der Waals surface area contributed by atoms with Gasteiger partial charge in [0, 0.05) is 24.2 Å². The molecule has 0 fully saturated rings. The Balaban J connectivity index is 2.08. The minimum absolute atomic E-state index is 0.000420. The second kappa shape index (κ2) is 4.12. The van der Waals surface area contributed by atoms with Crippen molar-refractivity contribution in [3.63, 3.8) is 0 Å². The molecule has 0 radical (unpaired) electrons. The van der Waals surface area contributed by atoms with E-state index in [1.54, 1.807) is 0 Å². The van der Waals surface area contributed by atoms with E-state index in [0.717, 1.165) is 24.2 Å². The van der Waals surface area contributed by atoms with Gasteiger partial charge in [0.25, 0.3) is 0 Å². The summed E-state index contributed by atoms with van der Waals surface area (Å²) in [7, 11) is 0. The predicted octanol–water partition coefficient (Wildman–Crippen LogP) is 1.86. The molecule has 2 heterocycles. The zero-order chi connectivity index (χ0) is 12.7. The van der Waals surface area contributed by atoms with Crippen molar-refractivity contribution in [1.82, 2.24) is 4.90 Å². The number of amides is 2. The van der Waals surface area contributed by atoms with Crippen LogP contribution in [0, 0.1) is 0 Å². The fraction of sp³-hybridized carbons (Fsp3) is 0.429. The van der Waals surface area contributed by atoms with E-state index in [-0.39, 0.29) is 17.9 Å². The minimum Gasteiger partial charge on any atom is -0.335 e. The largest absolute Gasteiger partial charge is 0.335 e. The monoisotopic (exact) mass is 244 g/mol. The van der Waals surface area contributed by atoms with E-state index in [4.69, 9.17) is 0 Å². The smallest absolute Gasteiger partial charge is 0.226 e. The minimum atomic E-state index is -0.0638. The molecule has 0 saturated carbocycles. The van der Waals surface area contributed by atoms with Gasteiger partial charge in [-0.1, -0.05) is 19.1 Å². The van der Waals surface area contributed by atoms with Crippen LogP contribution in [0.3, 0.4) is 0 Å². The summed E-state index contributed by atoms with van der Waals surface area (Å²) in [5.74, 6) is 0.135. The van der Waals surface area contributed by atoms with E-state index < -0.39 is 0 Å². The number of carbonyl (C=O) groups excluding carboxylic acids is 2. The molecule has 18 heavy (non-hydrogen) atoms. The topological polar surface area (TPSA) is 49.4 Å². The molecule has 2 aliphatic rings. The zero-order valence-corrected chi connectivity index (χ0v) is 10.4. The molecule has 0 spiro atoms. The lowest BCUT2D eigenvalue weighted by Crippen LogP contribution is -2.43. The molecule has 94 valence electrons. The van der Waals surface area contributed by atoms with Crippen molar-refractivity contribution >= 4 is 17.5 Å². The van der Waals surface area contributed by atoms with Gasteiger partial charge in [-0.05, 0) is 18.1 Å². The Morgan fingerprint density at radius 3 is 3.11 bits per heavy atom. The second-order valence-electron chi connectivity index (χ2n) is 4.84. The van der Waals surface area contributed by atoms with Crippen molar-refractivity contribution in [3.8, 4) is 0 Å². The van der Waals surface area contributed by atoms with E-state index >= 15 is 0 Å². The molecule has 0 aliphatic carbocycles. The summed E-state index contributed by atoms with van der Waals surface area (Å²) in [6.45, 7) is 2.59. The van der Waals surface area contributed by atoms with Gasteiger partial charge < -0.3 is 10.2 Å².